The number of hydrogen-bond acceptors (Lipinski definition) is 3. The van der Waals surface area contributed by atoms with Crippen molar-refractivity contribution in [3.05, 3.63) is 46.4 Å². The number of benzene rings is 1. The highest BCUT2D eigenvalue weighted by molar-refractivity contribution is 5.76. The summed E-state index contributed by atoms with van der Waals surface area (Å²) in [6.07, 6.45) is 1.62. The molecular formula is C12H13N3O. The Morgan fingerprint density at radius 1 is 1.25 bits per heavy atom. The average Bonchev–Trinajstić information content (AvgIpc) is 2.28. The summed E-state index contributed by atoms with van der Waals surface area (Å²) in [5.74, 6) is 0. The molecule has 0 amide bonds. The molecule has 1 heterocycles. The van der Waals surface area contributed by atoms with Gasteiger partial charge < -0.3 is 5.73 Å². The molecule has 0 aliphatic rings. The molecule has 0 unspecified atom stereocenters. The van der Waals surface area contributed by atoms with E-state index < -0.39 is 0 Å². The highest BCUT2D eigenvalue weighted by Gasteiger charge is 2.09. The zero-order valence-electron chi connectivity index (χ0n) is 9.27. The van der Waals surface area contributed by atoms with E-state index in [0.29, 0.717) is 5.56 Å². The summed E-state index contributed by atoms with van der Waals surface area (Å²) in [7, 11) is 1.58. The van der Waals surface area contributed by atoms with Gasteiger partial charge in [0, 0.05) is 12.6 Å². The molecule has 0 fully saturated rings. The third-order valence-corrected chi connectivity index (χ3v) is 2.61. The van der Waals surface area contributed by atoms with E-state index in [4.69, 9.17) is 5.73 Å². The van der Waals surface area contributed by atoms with E-state index in [-0.39, 0.29) is 11.2 Å². The number of rotatable bonds is 1. The Morgan fingerprint density at radius 3 is 2.62 bits per heavy atom. The summed E-state index contributed by atoms with van der Waals surface area (Å²) in [6.45, 7) is 1.98. The van der Waals surface area contributed by atoms with Gasteiger partial charge in [0.15, 0.2) is 0 Å². The Kier molecular flexibility index (Phi) is 2.48. The van der Waals surface area contributed by atoms with Crippen LogP contribution in [-0.4, -0.2) is 9.78 Å². The lowest BCUT2D eigenvalue weighted by atomic mass is 10.0. The number of aromatic nitrogens is 2. The van der Waals surface area contributed by atoms with Crippen LogP contribution in [0.4, 0.5) is 5.69 Å². The summed E-state index contributed by atoms with van der Waals surface area (Å²) in [4.78, 5) is 11.6. The minimum Gasteiger partial charge on any atom is -0.394 e. The molecule has 0 aliphatic carbocycles. The second kappa shape index (κ2) is 3.81. The second-order valence-electron chi connectivity index (χ2n) is 3.72. The van der Waals surface area contributed by atoms with Crippen LogP contribution in [0.3, 0.4) is 0 Å². The van der Waals surface area contributed by atoms with Gasteiger partial charge >= 0.3 is 0 Å². The lowest BCUT2D eigenvalue weighted by Gasteiger charge is -2.08. The SMILES string of the molecule is Cc1ccccc1-c1cnn(C)c(=O)c1N. The van der Waals surface area contributed by atoms with Crippen LogP contribution in [0.2, 0.25) is 0 Å². The Labute approximate surface area is 93.3 Å². The van der Waals surface area contributed by atoms with Crippen molar-refractivity contribution >= 4 is 5.69 Å². The van der Waals surface area contributed by atoms with Crippen molar-refractivity contribution in [2.45, 2.75) is 6.92 Å². The summed E-state index contributed by atoms with van der Waals surface area (Å²) >= 11 is 0. The molecule has 4 heteroatoms. The van der Waals surface area contributed by atoms with Gasteiger partial charge in [0.25, 0.3) is 5.56 Å². The predicted molar refractivity (Wildman–Crippen MR) is 64.1 cm³/mol. The molecule has 0 bridgehead atoms. The molecule has 1 aromatic carbocycles. The molecule has 2 rings (SSSR count). The minimum absolute atomic E-state index is 0.242. The van der Waals surface area contributed by atoms with E-state index in [1.807, 2.05) is 31.2 Å². The predicted octanol–water partition coefficient (Wildman–Crippen LogP) is 1.34. The maximum Gasteiger partial charge on any atom is 0.290 e. The van der Waals surface area contributed by atoms with Crippen LogP contribution in [-0.2, 0) is 7.05 Å². The van der Waals surface area contributed by atoms with Crippen molar-refractivity contribution in [1.29, 1.82) is 0 Å². The number of nitrogens with zero attached hydrogens (tertiary/aromatic N) is 2. The van der Waals surface area contributed by atoms with Crippen LogP contribution in [0, 0.1) is 6.92 Å². The van der Waals surface area contributed by atoms with Gasteiger partial charge in [-0.05, 0) is 18.1 Å². The quantitative estimate of drug-likeness (QED) is 0.780. The third kappa shape index (κ3) is 1.58. The first-order valence-corrected chi connectivity index (χ1v) is 4.99. The van der Waals surface area contributed by atoms with Crippen LogP contribution in [0.15, 0.2) is 35.3 Å². The van der Waals surface area contributed by atoms with E-state index in [9.17, 15) is 4.79 Å². The standard InChI is InChI=1S/C12H13N3O/c1-8-5-3-4-6-9(8)10-7-14-15(2)12(16)11(10)13/h3-7H,13H2,1-2H3. The molecule has 4 nitrogen and oxygen atoms in total. The Morgan fingerprint density at radius 2 is 1.94 bits per heavy atom. The molecule has 2 aromatic rings. The number of hydrogen-bond donors (Lipinski definition) is 1. The third-order valence-electron chi connectivity index (χ3n) is 2.61. The fourth-order valence-corrected chi connectivity index (χ4v) is 1.65. The Hall–Kier alpha value is -2.10. The molecule has 0 saturated heterocycles. The molecule has 0 radical (unpaired) electrons. The van der Waals surface area contributed by atoms with E-state index >= 15 is 0 Å². The Bertz CT molecular complexity index is 587. The van der Waals surface area contributed by atoms with Crippen molar-refractivity contribution in [3.8, 4) is 11.1 Å². The summed E-state index contributed by atoms with van der Waals surface area (Å²) in [6, 6.07) is 7.77. The van der Waals surface area contributed by atoms with Crippen LogP contribution in [0.25, 0.3) is 11.1 Å². The first-order chi connectivity index (χ1) is 7.61. The molecule has 82 valence electrons. The van der Waals surface area contributed by atoms with Crippen molar-refractivity contribution in [2.24, 2.45) is 7.05 Å². The summed E-state index contributed by atoms with van der Waals surface area (Å²) in [5, 5.41) is 3.98. The van der Waals surface area contributed by atoms with Crippen LogP contribution < -0.4 is 11.3 Å². The molecule has 16 heavy (non-hydrogen) atoms. The largest absolute Gasteiger partial charge is 0.394 e. The van der Waals surface area contributed by atoms with Gasteiger partial charge in [0.1, 0.15) is 5.69 Å². The minimum atomic E-state index is -0.263. The van der Waals surface area contributed by atoms with Gasteiger partial charge in [-0.1, -0.05) is 24.3 Å². The van der Waals surface area contributed by atoms with Gasteiger partial charge in [-0.15, -0.1) is 0 Å². The molecule has 0 aliphatic heterocycles. The highest BCUT2D eigenvalue weighted by atomic mass is 16.1. The first-order valence-electron chi connectivity index (χ1n) is 4.99. The molecule has 2 N–H and O–H groups in total. The smallest absolute Gasteiger partial charge is 0.290 e. The maximum atomic E-state index is 11.6. The topological polar surface area (TPSA) is 60.9 Å². The van der Waals surface area contributed by atoms with E-state index in [0.717, 1.165) is 11.1 Å². The Balaban J connectivity index is 2.71. The lowest BCUT2D eigenvalue weighted by Crippen LogP contribution is -2.23. The summed E-state index contributed by atoms with van der Waals surface area (Å²) < 4.78 is 1.23. The molecular weight excluding hydrogens is 202 g/mol. The maximum absolute atomic E-state index is 11.6. The molecule has 0 saturated carbocycles. The highest BCUT2D eigenvalue weighted by Crippen LogP contribution is 2.25. The molecule has 1 aromatic heterocycles. The zero-order chi connectivity index (χ0) is 11.7. The van der Waals surface area contributed by atoms with E-state index in [2.05, 4.69) is 5.10 Å². The lowest BCUT2D eigenvalue weighted by molar-refractivity contribution is 0.711. The molecule has 0 atom stereocenters. The zero-order valence-corrected chi connectivity index (χ0v) is 9.27. The van der Waals surface area contributed by atoms with Gasteiger partial charge in [-0.25, -0.2) is 4.68 Å². The van der Waals surface area contributed by atoms with Crippen molar-refractivity contribution in [1.82, 2.24) is 9.78 Å². The van der Waals surface area contributed by atoms with Crippen LogP contribution in [0.1, 0.15) is 5.56 Å². The number of aryl methyl sites for hydroxylation is 2. The van der Waals surface area contributed by atoms with Gasteiger partial charge in [0.05, 0.1) is 6.20 Å². The number of anilines is 1. The molecule has 0 spiro atoms. The van der Waals surface area contributed by atoms with Crippen LogP contribution >= 0.6 is 0 Å². The normalized spacial score (nSPS) is 10.4. The average molecular weight is 215 g/mol. The fraction of sp³-hybridized carbons (Fsp3) is 0.167. The van der Waals surface area contributed by atoms with E-state index in [1.54, 1.807) is 13.2 Å². The van der Waals surface area contributed by atoms with Gasteiger partial charge in [-0.2, -0.15) is 5.10 Å². The van der Waals surface area contributed by atoms with Crippen molar-refractivity contribution in [2.75, 3.05) is 5.73 Å². The van der Waals surface area contributed by atoms with Gasteiger partial charge in [0.2, 0.25) is 0 Å². The van der Waals surface area contributed by atoms with Crippen molar-refractivity contribution < 1.29 is 0 Å². The van der Waals surface area contributed by atoms with Crippen molar-refractivity contribution in [3.63, 3.8) is 0 Å². The monoisotopic (exact) mass is 215 g/mol. The first kappa shape index (κ1) is 10.4. The fourth-order valence-electron chi connectivity index (χ4n) is 1.65. The van der Waals surface area contributed by atoms with Crippen LogP contribution in [0.5, 0.6) is 0 Å². The summed E-state index contributed by atoms with van der Waals surface area (Å²) in [5.41, 5.74) is 8.51. The number of nitrogens with two attached hydrogens (primary N) is 1. The van der Waals surface area contributed by atoms with Gasteiger partial charge in [-0.3, -0.25) is 4.79 Å². The van der Waals surface area contributed by atoms with E-state index in [1.165, 1.54) is 4.68 Å². The number of nitrogen functional groups attached to an aromatic ring is 1. The second-order valence-corrected chi connectivity index (χ2v) is 3.72.